The van der Waals surface area contributed by atoms with Crippen molar-refractivity contribution in [2.45, 2.75) is 32.7 Å². The van der Waals surface area contributed by atoms with Crippen molar-refractivity contribution in [3.63, 3.8) is 0 Å². The van der Waals surface area contributed by atoms with Gasteiger partial charge in [-0.15, -0.1) is 0 Å². The van der Waals surface area contributed by atoms with Gasteiger partial charge in [-0.2, -0.15) is 0 Å². The first-order valence-electron chi connectivity index (χ1n) is 11.6. The quantitative estimate of drug-likeness (QED) is 0.379. The molecular formula is C26H24FN5O5. The van der Waals surface area contributed by atoms with Crippen LogP contribution in [0.1, 0.15) is 30.0 Å². The van der Waals surface area contributed by atoms with Crippen LogP contribution in [0.5, 0.6) is 0 Å². The molecule has 190 valence electrons. The molecule has 2 heterocycles. The lowest BCUT2D eigenvalue weighted by molar-refractivity contribution is 0.209. The van der Waals surface area contributed by atoms with Crippen LogP contribution in [0.3, 0.4) is 0 Å². The van der Waals surface area contributed by atoms with E-state index in [0.29, 0.717) is 18.4 Å². The van der Waals surface area contributed by atoms with Crippen molar-refractivity contribution in [3.05, 3.63) is 90.6 Å². The van der Waals surface area contributed by atoms with E-state index in [1.807, 2.05) is 0 Å². The van der Waals surface area contributed by atoms with Gasteiger partial charge in [0.15, 0.2) is 0 Å². The number of benzene rings is 2. The molecule has 4 aromatic rings. The predicted octanol–water partition coefficient (Wildman–Crippen LogP) is 3.78. The number of amides is 1. The van der Waals surface area contributed by atoms with E-state index in [1.54, 1.807) is 25.1 Å². The number of halogens is 1. The molecule has 0 bridgehead atoms. The molecule has 0 atom stereocenters. The molecule has 10 nitrogen and oxygen atoms in total. The van der Waals surface area contributed by atoms with E-state index in [0.717, 1.165) is 4.57 Å². The monoisotopic (exact) mass is 505 g/mol. The van der Waals surface area contributed by atoms with Gasteiger partial charge in [-0.1, -0.05) is 12.1 Å². The van der Waals surface area contributed by atoms with Gasteiger partial charge in [0, 0.05) is 24.3 Å². The van der Waals surface area contributed by atoms with E-state index in [2.05, 4.69) is 10.6 Å². The molecule has 1 fully saturated rings. The number of carbonyl (C=O) groups is 1. The molecule has 2 aromatic heterocycles. The average molecular weight is 506 g/mol. The molecule has 3 N–H and O–H groups in total. The van der Waals surface area contributed by atoms with E-state index in [9.17, 15) is 23.6 Å². The third kappa shape index (κ3) is 4.07. The van der Waals surface area contributed by atoms with Gasteiger partial charge in [-0.25, -0.2) is 14.0 Å². The summed E-state index contributed by atoms with van der Waals surface area (Å²) >= 11 is 0. The Hall–Kier alpha value is -4.67. The molecule has 1 aliphatic rings. The SMILES string of the molecule is Cc1ccc(Nc2c3c(=O)n(C4CC4)c(=O)n(-c4cccc(NC(=O)O)c4)c3c(C)c(=O)n2C)c(F)c1. The Morgan fingerprint density at radius 2 is 1.78 bits per heavy atom. The van der Waals surface area contributed by atoms with E-state index in [1.165, 1.54) is 47.4 Å². The highest BCUT2D eigenvalue weighted by atomic mass is 19.1. The highest BCUT2D eigenvalue weighted by Gasteiger charge is 2.31. The van der Waals surface area contributed by atoms with Crippen LogP contribution < -0.4 is 27.4 Å². The smallest absolute Gasteiger partial charge is 0.409 e. The summed E-state index contributed by atoms with van der Waals surface area (Å²) in [6.45, 7) is 3.25. The van der Waals surface area contributed by atoms with Gasteiger partial charge in [0.1, 0.15) is 17.0 Å². The Kier molecular flexibility index (Phi) is 5.70. The summed E-state index contributed by atoms with van der Waals surface area (Å²) < 4.78 is 18.4. The van der Waals surface area contributed by atoms with Crippen LogP contribution in [0.2, 0.25) is 0 Å². The molecule has 1 aliphatic carbocycles. The Bertz CT molecular complexity index is 1780. The second-order valence-corrected chi connectivity index (χ2v) is 9.17. The number of aryl methyl sites for hydroxylation is 2. The summed E-state index contributed by atoms with van der Waals surface area (Å²) in [5.74, 6) is -0.522. The second kappa shape index (κ2) is 8.77. The molecule has 1 saturated carbocycles. The Morgan fingerprint density at radius 1 is 1.05 bits per heavy atom. The minimum atomic E-state index is -1.28. The van der Waals surface area contributed by atoms with Crippen LogP contribution in [-0.4, -0.2) is 24.9 Å². The molecule has 0 spiro atoms. The Morgan fingerprint density at radius 3 is 2.43 bits per heavy atom. The van der Waals surface area contributed by atoms with Gasteiger partial charge in [0.05, 0.1) is 16.9 Å². The van der Waals surface area contributed by atoms with Gasteiger partial charge < -0.3 is 10.4 Å². The second-order valence-electron chi connectivity index (χ2n) is 9.17. The molecule has 0 aliphatic heterocycles. The van der Waals surface area contributed by atoms with Gasteiger partial charge in [0.25, 0.3) is 11.1 Å². The van der Waals surface area contributed by atoms with Crippen LogP contribution in [0.4, 0.5) is 26.4 Å². The average Bonchev–Trinajstić information content (AvgIpc) is 3.67. The number of hydrogen-bond acceptors (Lipinski definition) is 5. The summed E-state index contributed by atoms with van der Waals surface area (Å²) in [6, 6.07) is 10.3. The number of carboxylic acid groups (broad SMARTS) is 1. The van der Waals surface area contributed by atoms with E-state index < -0.39 is 28.7 Å². The number of nitrogens with one attached hydrogen (secondary N) is 2. The summed E-state index contributed by atoms with van der Waals surface area (Å²) in [5, 5.41) is 14.3. The summed E-state index contributed by atoms with van der Waals surface area (Å²) in [4.78, 5) is 52.0. The summed E-state index contributed by atoms with van der Waals surface area (Å²) in [5.41, 5.74) is -0.282. The number of rotatable bonds is 5. The third-order valence-corrected chi connectivity index (χ3v) is 6.49. The van der Waals surface area contributed by atoms with Crippen LogP contribution in [-0.2, 0) is 7.05 Å². The zero-order valence-electron chi connectivity index (χ0n) is 20.3. The molecule has 0 unspecified atom stereocenters. The predicted molar refractivity (Wildman–Crippen MR) is 138 cm³/mol. The first-order chi connectivity index (χ1) is 17.6. The lowest BCUT2D eigenvalue weighted by Crippen LogP contribution is -2.41. The van der Waals surface area contributed by atoms with Crippen LogP contribution in [0.25, 0.3) is 16.6 Å². The number of fused-ring (bicyclic) bond motifs is 1. The van der Waals surface area contributed by atoms with Gasteiger partial charge in [-0.3, -0.25) is 28.6 Å². The van der Waals surface area contributed by atoms with E-state index in [-0.39, 0.29) is 45.4 Å². The van der Waals surface area contributed by atoms with Crippen molar-refractivity contribution in [1.29, 1.82) is 0 Å². The lowest BCUT2D eigenvalue weighted by atomic mass is 10.1. The number of pyridine rings is 1. The fourth-order valence-electron chi connectivity index (χ4n) is 4.55. The van der Waals surface area contributed by atoms with Crippen molar-refractivity contribution in [2.24, 2.45) is 7.05 Å². The molecule has 0 radical (unpaired) electrons. The minimum Gasteiger partial charge on any atom is -0.465 e. The van der Waals surface area contributed by atoms with Crippen LogP contribution in [0.15, 0.2) is 56.8 Å². The van der Waals surface area contributed by atoms with E-state index in [4.69, 9.17) is 5.11 Å². The topological polar surface area (TPSA) is 127 Å². The maximum atomic E-state index is 14.8. The molecule has 2 aromatic carbocycles. The Balaban J connectivity index is 1.90. The van der Waals surface area contributed by atoms with Crippen molar-refractivity contribution in [1.82, 2.24) is 13.7 Å². The normalized spacial score (nSPS) is 13.1. The number of nitrogens with zero attached hydrogens (tertiary/aromatic N) is 3. The zero-order valence-corrected chi connectivity index (χ0v) is 20.3. The van der Waals surface area contributed by atoms with Crippen molar-refractivity contribution >= 4 is 34.2 Å². The highest BCUT2D eigenvalue weighted by Crippen LogP contribution is 2.34. The highest BCUT2D eigenvalue weighted by molar-refractivity contribution is 5.94. The summed E-state index contributed by atoms with van der Waals surface area (Å²) in [7, 11) is 1.47. The molecule has 0 saturated heterocycles. The molecule has 11 heteroatoms. The van der Waals surface area contributed by atoms with Gasteiger partial charge in [-0.05, 0) is 62.6 Å². The molecular weight excluding hydrogens is 481 g/mol. The fourth-order valence-corrected chi connectivity index (χ4v) is 4.55. The lowest BCUT2D eigenvalue weighted by Gasteiger charge is -2.21. The number of aromatic nitrogens is 3. The van der Waals surface area contributed by atoms with E-state index >= 15 is 0 Å². The summed E-state index contributed by atoms with van der Waals surface area (Å²) in [6.07, 6.45) is -0.00289. The van der Waals surface area contributed by atoms with Crippen molar-refractivity contribution in [2.75, 3.05) is 10.6 Å². The maximum absolute atomic E-state index is 14.8. The first-order valence-corrected chi connectivity index (χ1v) is 11.6. The zero-order chi connectivity index (χ0) is 26.6. The first kappa shape index (κ1) is 24.0. The number of anilines is 3. The van der Waals surface area contributed by atoms with Crippen molar-refractivity contribution < 1.29 is 14.3 Å². The minimum absolute atomic E-state index is 0.0429. The molecule has 1 amide bonds. The van der Waals surface area contributed by atoms with Gasteiger partial charge >= 0.3 is 11.8 Å². The third-order valence-electron chi connectivity index (χ3n) is 6.49. The van der Waals surface area contributed by atoms with Crippen LogP contribution >= 0.6 is 0 Å². The van der Waals surface area contributed by atoms with Crippen molar-refractivity contribution in [3.8, 4) is 5.69 Å². The molecule has 37 heavy (non-hydrogen) atoms. The molecule has 5 rings (SSSR count). The maximum Gasteiger partial charge on any atom is 0.409 e. The van der Waals surface area contributed by atoms with Gasteiger partial charge in [0.2, 0.25) is 0 Å². The number of hydrogen-bond donors (Lipinski definition) is 3. The van der Waals surface area contributed by atoms with Crippen LogP contribution in [0, 0.1) is 19.7 Å². The Labute approximate surface area is 209 Å². The standard InChI is InChI=1S/C26H24FN5O5/c1-13-7-10-19(18(27)11-13)29-22-20-21(14(2)23(33)30(22)3)31(26(37)32(24(20)34)16-8-9-16)17-6-4-5-15(12-17)28-25(35)36/h4-7,10-12,16,28-29H,8-9H2,1-3H3,(H,35,36). The largest absolute Gasteiger partial charge is 0.465 e. The fraction of sp³-hybridized carbons (Fsp3) is 0.231.